The van der Waals surface area contributed by atoms with Gasteiger partial charge in [0, 0.05) is 37.8 Å². The van der Waals surface area contributed by atoms with Gasteiger partial charge in [0.2, 0.25) is 0 Å². The number of aromatic nitrogens is 1. The van der Waals surface area contributed by atoms with Gasteiger partial charge in [0.25, 0.3) is 0 Å². The van der Waals surface area contributed by atoms with Crippen LogP contribution in [0.25, 0.3) is 10.9 Å². The lowest BCUT2D eigenvalue weighted by Gasteiger charge is -2.03. The molecule has 104 valence electrons. The minimum atomic E-state index is 0.795. The smallest absolute Gasteiger partial charge is 0.0587 e. The van der Waals surface area contributed by atoms with Crippen LogP contribution in [0, 0.1) is 0 Å². The number of fused-ring (bicyclic) bond motifs is 1. The zero-order valence-corrected chi connectivity index (χ0v) is 12.0. The van der Waals surface area contributed by atoms with E-state index in [9.17, 15) is 0 Å². The van der Waals surface area contributed by atoms with Gasteiger partial charge < -0.3 is 14.6 Å². The van der Waals surface area contributed by atoms with Crippen LogP contribution in [-0.4, -0.2) is 31.4 Å². The molecule has 0 atom stereocenters. The lowest BCUT2D eigenvalue weighted by molar-refractivity contribution is 0.199. The van der Waals surface area contributed by atoms with Crippen molar-refractivity contribution in [3.63, 3.8) is 0 Å². The number of aryl methyl sites for hydroxylation is 2. The first-order chi connectivity index (χ1) is 9.33. The number of benzene rings is 1. The van der Waals surface area contributed by atoms with E-state index in [0.29, 0.717) is 0 Å². The number of methoxy groups -OCH3 is 1. The predicted molar refractivity (Wildman–Crippen MR) is 80.6 cm³/mol. The third-order valence-electron chi connectivity index (χ3n) is 3.51. The van der Waals surface area contributed by atoms with E-state index in [1.165, 1.54) is 29.3 Å². The van der Waals surface area contributed by atoms with Crippen LogP contribution in [0.15, 0.2) is 30.5 Å². The van der Waals surface area contributed by atoms with E-state index in [4.69, 9.17) is 4.74 Å². The maximum atomic E-state index is 5.00. The highest BCUT2D eigenvalue weighted by Gasteiger charge is 2.04. The number of hydrogen-bond acceptors (Lipinski definition) is 2. The van der Waals surface area contributed by atoms with Crippen LogP contribution in [0.1, 0.15) is 18.4 Å². The van der Waals surface area contributed by atoms with E-state index in [-0.39, 0.29) is 0 Å². The molecule has 1 heterocycles. The van der Waals surface area contributed by atoms with Gasteiger partial charge in [-0.3, -0.25) is 0 Å². The lowest BCUT2D eigenvalue weighted by atomic mass is 10.1. The molecule has 0 radical (unpaired) electrons. The third-order valence-corrected chi connectivity index (χ3v) is 3.51. The molecular weight excluding hydrogens is 236 g/mol. The highest BCUT2D eigenvalue weighted by atomic mass is 16.5. The van der Waals surface area contributed by atoms with Gasteiger partial charge in [-0.15, -0.1) is 0 Å². The topological polar surface area (TPSA) is 26.2 Å². The molecule has 2 rings (SSSR count). The fourth-order valence-electron chi connectivity index (χ4n) is 2.49. The quantitative estimate of drug-likeness (QED) is 0.739. The molecule has 0 amide bonds. The first-order valence-corrected chi connectivity index (χ1v) is 7.05. The average molecular weight is 260 g/mol. The summed E-state index contributed by atoms with van der Waals surface area (Å²) in [7, 11) is 3.86. The minimum Gasteiger partial charge on any atom is -0.383 e. The van der Waals surface area contributed by atoms with E-state index in [2.05, 4.69) is 47.4 Å². The molecule has 1 aromatic heterocycles. The van der Waals surface area contributed by atoms with Crippen LogP contribution >= 0.6 is 0 Å². The Morgan fingerprint density at radius 2 is 2.00 bits per heavy atom. The summed E-state index contributed by atoms with van der Waals surface area (Å²) in [4.78, 5) is 0. The average Bonchev–Trinajstić information content (AvgIpc) is 2.75. The van der Waals surface area contributed by atoms with E-state index < -0.39 is 0 Å². The molecule has 0 bridgehead atoms. The summed E-state index contributed by atoms with van der Waals surface area (Å²) >= 11 is 0. The van der Waals surface area contributed by atoms with Gasteiger partial charge in [0.15, 0.2) is 0 Å². The highest BCUT2D eigenvalue weighted by molar-refractivity contribution is 5.83. The number of unbranched alkanes of at least 4 members (excludes halogenated alkanes) is 1. The molecule has 3 nitrogen and oxygen atoms in total. The summed E-state index contributed by atoms with van der Waals surface area (Å²) in [6, 6.07) is 8.64. The number of rotatable bonds is 8. The minimum absolute atomic E-state index is 0.795. The summed E-state index contributed by atoms with van der Waals surface area (Å²) in [6.07, 6.45) is 5.87. The summed E-state index contributed by atoms with van der Waals surface area (Å²) in [6.45, 7) is 2.82. The SMILES string of the molecule is COCCNCCCCc1cn(C)c2ccccc12. The fraction of sp³-hybridized carbons (Fsp3) is 0.500. The Hall–Kier alpha value is -1.32. The molecule has 0 saturated heterocycles. The van der Waals surface area contributed by atoms with Gasteiger partial charge in [-0.05, 0) is 37.4 Å². The van der Waals surface area contributed by atoms with Crippen LogP contribution in [-0.2, 0) is 18.2 Å². The van der Waals surface area contributed by atoms with Gasteiger partial charge in [-0.25, -0.2) is 0 Å². The van der Waals surface area contributed by atoms with Crippen molar-refractivity contribution in [3.05, 3.63) is 36.0 Å². The Bertz CT molecular complexity index is 504. The van der Waals surface area contributed by atoms with Crippen molar-refractivity contribution < 1.29 is 4.74 Å². The number of nitrogens with zero attached hydrogens (tertiary/aromatic N) is 1. The largest absolute Gasteiger partial charge is 0.383 e. The Balaban J connectivity index is 1.79. The lowest BCUT2D eigenvalue weighted by Crippen LogP contribution is -2.20. The van der Waals surface area contributed by atoms with Crippen molar-refractivity contribution in [2.24, 2.45) is 7.05 Å². The molecule has 0 unspecified atom stereocenters. The summed E-state index contributed by atoms with van der Waals surface area (Å²) in [5, 5.41) is 4.79. The van der Waals surface area contributed by atoms with Crippen LogP contribution in [0.5, 0.6) is 0 Å². The van der Waals surface area contributed by atoms with Gasteiger partial charge in [0.1, 0.15) is 0 Å². The standard InChI is InChI=1S/C16H24N2O/c1-18-13-14(15-8-3-4-9-16(15)18)7-5-6-10-17-11-12-19-2/h3-4,8-9,13,17H,5-7,10-12H2,1-2H3. The first kappa shape index (κ1) is 14.1. The molecule has 2 aromatic rings. The second-order valence-electron chi connectivity index (χ2n) is 4.98. The zero-order chi connectivity index (χ0) is 13.5. The van der Waals surface area contributed by atoms with Gasteiger partial charge in [-0.1, -0.05) is 18.2 Å². The van der Waals surface area contributed by atoms with E-state index in [0.717, 1.165) is 26.1 Å². The number of ether oxygens (including phenoxy) is 1. The maximum absolute atomic E-state index is 5.00. The molecule has 0 aliphatic rings. The molecule has 0 aliphatic carbocycles. The monoisotopic (exact) mass is 260 g/mol. The second kappa shape index (κ2) is 7.31. The molecule has 1 aromatic carbocycles. The van der Waals surface area contributed by atoms with Crippen molar-refractivity contribution in [2.45, 2.75) is 19.3 Å². The molecule has 0 aliphatic heterocycles. The van der Waals surface area contributed by atoms with E-state index in [1.54, 1.807) is 7.11 Å². The molecule has 19 heavy (non-hydrogen) atoms. The molecule has 0 saturated carbocycles. The van der Waals surface area contributed by atoms with Gasteiger partial charge in [0.05, 0.1) is 6.61 Å². The van der Waals surface area contributed by atoms with Crippen molar-refractivity contribution in [3.8, 4) is 0 Å². The highest BCUT2D eigenvalue weighted by Crippen LogP contribution is 2.21. The van der Waals surface area contributed by atoms with Crippen molar-refractivity contribution in [1.29, 1.82) is 0 Å². The fourth-order valence-corrected chi connectivity index (χ4v) is 2.49. The Morgan fingerprint density at radius 3 is 2.84 bits per heavy atom. The molecule has 0 fully saturated rings. The maximum Gasteiger partial charge on any atom is 0.0587 e. The Morgan fingerprint density at radius 1 is 1.16 bits per heavy atom. The molecule has 1 N–H and O–H groups in total. The summed E-state index contributed by atoms with van der Waals surface area (Å²) in [5.74, 6) is 0. The Labute approximate surface area is 115 Å². The normalized spacial score (nSPS) is 11.3. The van der Waals surface area contributed by atoms with Crippen LogP contribution in [0.2, 0.25) is 0 Å². The van der Waals surface area contributed by atoms with Crippen LogP contribution < -0.4 is 5.32 Å². The number of nitrogens with one attached hydrogen (secondary N) is 1. The van der Waals surface area contributed by atoms with Crippen molar-refractivity contribution in [1.82, 2.24) is 9.88 Å². The van der Waals surface area contributed by atoms with Gasteiger partial charge in [-0.2, -0.15) is 0 Å². The predicted octanol–water partition coefficient (Wildman–Crippen LogP) is 2.74. The number of hydrogen-bond donors (Lipinski definition) is 1. The zero-order valence-electron chi connectivity index (χ0n) is 12.0. The number of para-hydroxylation sites is 1. The third kappa shape index (κ3) is 3.82. The molecule has 0 spiro atoms. The molecule has 3 heteroatoms. The van der Waals surface area contributed by atoms with E-state index in [1.807, 2.05) is 0 Å². The van der Waals surface area contributed by atoms with Crippen LogP contribution in [0.4, 0.5) is 0 Å². The second-order valence-corrected chi connectivity index (χ2v) is 4.98. The van der Waals surface area contributed by atoms with E-state index >= 15 is 0 Å². The first-order valence-electron chi connectivity index (χ1n) is 7.05. The summed E-state index contributed by atoms with van der Waals surface area (Å²) < 4.78 is 7.23. The Kier molecular flexibility index (Phi) is 5.43. The molecular formula is C16H24N2O. The van der Waals surface area contributed by atoms with Crippen LogP contribution in [0.3, 0.4) is 0 Å². The van der Waals surface area contributed by atoms with Gasteiger partial charge >= 0.3 is 0 Å². The van der Waals surface area contributed by atoms with Crippen molar-refractivity contribution >= 4 is 10.9 Å². The summed E-state index contributed by atoms with van der Waals surface area (Å²) in [5.41, 5.74) is 2.80. The van der Waals surface area contributed by atoms with Crippen molar-refractivity contribution in [2.75, 3.05) is 26.8 Å².